The molecular weight excluding hydrogens is 252 g/mol. The molecule has 0 fully saturated rings. The normalized spacial score (nSPS) is 14.3. The van der Waals surface area contributed by atoms with Crippen molar-refractivity contribution in [3.05, 3.63) is 77.4 Å². The molecule has 0 saturated heterocycles. The molecule has 0 unspecified atom stereocenters. The summed E-state index contributed by atoms with van der Waals surface area (Å²) in [5.41, 5.74) is 2.14. The van der Waals surface area contributed by atoms with Crippen LogP contribution in [0.25, 0.3) is 5.57 Å². The molecule has 0 radical (unpaired) electrons. The summed E-state index contributed by atoms with van der Waals surface area (Å²) in [7, 11) is 0. The van der Waals surface area contributed by atoms with E-state index in [2.05, 4.69) is 0 Å². The minimum atomic E-state index is -0.544. The molecule has 20 heavy (non-hydrogen) atoms. The van der Waals surface area contributed by atoms with Gasteiger partial charge in [-0.25, -0.2) is 4.79 Å². The zero-order chi connectivity index (χ0) is 13.9. The molecule has 3 heteroatoms. The number of benzene rings is 2. The van der Waals surface area contributed by atoms with E-state index in [-0.39, 0.29) is 18.0 Å². The maximum atomic E-state index is 12.5. The van der Waals surface area contributed by atoms with Crippen LogP contribution >= 0.6 is 0 Å². The average molecular weight is 264 g/mol. The molecule has 0 amide bonds. The molecule has 0 atom stereocenters. The van der Waals surface area contributed by atoms with Crippen molar-refractivity contribution < 1.29 is 14.3 Å². The van der Waals surface area contributed by atoms with Gasteiger partial charge in [-0.1, -0.05) is 60.7 Å². The smallest absolute Gasteiger partial charge is 0.342 e. The monoisotopic (exact) mass is 264 g/mol. The van der Waals surface area contributed by atoms with Gasteiger partial charge >= 0.3 is 5.97 Å². The SMILES string of the molecule is O=C1OCC(c2ccccc2)=C1C(=O)c1ccccc1. The molecule has 2 aromatic rings. The standard InChI is InChI=1S/C17H12O3/c18-16(13-9-5-2-6-10-13)15-14(11-20-17(15)19)12-7-3-1-4-8-12/h1-10H,11H2. The number of carbonyl (C=O) groups is 2. The second-order valence-electron chi connectivity index (χ2n) is 4.49. The van der Waals surface area contributed by atoms with Gasteiger partial charge in [-0.3, -0.25) is 4.79 Å². The summed E-state index contributed by atoms with van der Waals surface area (Å²) in [5.74, 6) is -0.829. The van der Waals surface area contributed by atoms with Crippen LogP contribution in [0.3, 0.4) is 0 Å². The van der Waals surface area contributed by atoms with Crippen molar-refractivity contribution in [2.24, 2.45) is 0 Å². The Kier molecular flexibility index (Phi) is 3.17. The molecule has 1 aliphatic rings. The molecular formula is C17H12O3. The van der Waals surface area contributed by atoms with E-state index >= 15 is 0 Å². The van der Waals surface area contributed by atoms with Gasteiger partial charge in [-0.2, -0.15) is 0 Å². The topological polar surface area (TPSA) is 43.4 Å². The van der Waals surface area contributed by atoms with Gasteiger partial charge in [-0.05, 0) is 5.56 Å². The number of esters is 1. The Morgan fingerprint density at radius 1 is 0.900 bits per heavy atom. The molecule has 3 rings (SSSR count). The number of hydrogen-bond acceptors (Lipinski definition) is 3. The van der Waals surface area contributed by atoms with E-state index in [9.17, 15) is 9.59 Å². The fraction of sp³-hybridized carbons (Fsp3) is 0.0588. The van der Waals surface area contributed by atoms with E-state index in [0.717, 1.165) is 5.56 Å². The second-order valence-corrected chi connectivity index (χ2v) is 4.49. The van der Waals surface area contributed by atoms with Crippen molar-refractivity contribution in [2.75, 3.05) is 6.61 Å². The summed E-state index contributed by atoms with van der Waals surface area (Å²) in [5, 5.41) is 0. The van der Waals surface area contributed by atoms with Gasteiger partial charge in [0.2, 0.25) is 5.78 Å². The van der Waals surface area contributed by atoms with Crippen LogP contribution in [0.1, 0.15) is 15.9 Å². The highest BCUT2D eigenvalue weighted by atomic mass is 16.5. The number of hydrogen-bond donors (Lipinski definition) is 0. The maximum Gasteiger partial charge on any atom is 0.342 e. The van der Waals surface area contributed by atoms with Gasteiger partial charge in [0.25, 0.3) is 0 Å². The van der Waals surface area contributed by atoms with Gasteiger partial charge < -0.3 is 4.74 Å². The summed E-state index contributed by atoms with van der Waals surface area (Å²) in [6.45, 7) is 0.150. The van der Waals surface area contributed by atoms with Gasteiger partial charge in [0, 0.05) is 11.1 Å². The predicted octanol–water partition coefficient (Wildman–Crippen LogP) is 2.88. The minimum absolute atomic E-state index is 0.141. The number of rotatable bonds is 3. The minimum Gasteiger partial charge on any atom is -0.457 e. The molecule has 98 valence electrons. The lowest BCUT2D eigenvalue weighted by Gasteiger charge is -2.03. The lowest BCUT2D eigenvalue weighted by Crippen LogP contribution is -2.11. The predicted molar refractivity (Wildman–Crippen MR) is 75.1 cm³/mol. The largest absolute Gasteiger partial charge is 0.457 e. The highest BCUT2D eigenvalue weighted by Gasteiger charge is 2.31. The summed E-state index contributed by atoms with van der Waals surface area (Å²) in [6, 6.07) is 18.1. The quantitative estimate of drug-likeness (QED) is 0.486. The zero-order valence-electron chi connectivity index (χ0n) is 10.7. The van der Waals surface area contributed by atoms with Crippen LogP contribution in [0.4, 0.5) is 0 Å². The Morgan fingerprint density at radius 3 is 2.15 bits per heavy atom. The third-order valence-corrected chi connectivity index (χ3v) is 3.24. The number of cyclic esters (lactones) is 1. The number of ketones is 1. The second kappa shape index (κ2) is 5.13. The highest BCUT2D eigenvalue weighted by molar-refractivity contribution is 6.30. The number of ether oxygens (including phenoxy) is 1. The molecule has 0 aromatic heterocycles. The van der Waals surface area contributed by atoms with Gasteiger partial charge in [-0.15, -0.1) is 0 Å². The van der Waals surface area contributed by atoms with Crippen molar-refractivity contribution in [1.29, 1.82) is 0 Å². The Bertz CT molecular complexity index is 685. The van der Waals surface area contributed by atoms with Crippen LogP contribution in [-0.4, -0.2) is 18.4 Å². The molecule has 0 saturated carbocycles. The van der Waals surface area contributed by atoms with Gasteiger partial charge in [0.05, 0.1) is 0 Å². The summed E-state index contributed by atoms with van der Waals surface area (Å²) >= 11 is 0. The first-order valence-electron chi connectivity index (χ1n) is 6.33. The molecule has 0 bridgehead atoms. The first-order chi connectivity index (χ1) is 9.77. The Labute approximate surface area is 116 Å². The van der Waals surface area contributed by atoms with E-state index in [0.29, 0.717) is 11.1 Å². The third-order valence-electron chi connectivity index (χ3n) is 3.24. The first kappa shape index (κ1) is 12.4. The van der Waals surface area contributed by atoms with E-state index in [1.807, 2.05) is 36.4 Å². The van der Waals surface area contributed by atoms with E-state index in [1.165, 1.54) is 0 Å². The average Bonchev–Trinajstić information content (AvgIpc) is 2.90. The molecule has 1 aliphatic heterocycles. The van der Waals surface area contributed by atoms with Crippen molar-refractivity contribution >= 4 is 17.3 Å². The van der Waals surface area contributed by atoms with E-state index in [1.54, 1.807) is 24.3 Å². The Hall–Kier alpha value is -2.68. The lowest BCUT2D eigenvalue weighted by atomic mass is 9.96. The Balaban J connectivity index is 2.09. The van der Waals surface area contributed by atoms with E-state index < -0.39 is 5.97 Å². The van der Waals surface area contributed by atoms with Crippen molar-refractivity contribution in [1.82, 2.24) is 0 Å². The van der Waals surface area contributed by atoms with Crippen molar-refractivity contribution in [3.63, 3.8) is 0 Å². The molecule has 0 spiro atoms. The summed E-state index contributed by atoms with van der Waals surface area (Å²) in [4.78, 5) is 24.4. The molecule has 0 aliphatic carbocycles. The van der Waals surface area contributed by atoms with Crippen LogP contribution < -0.4 is 0 Å². The van der Waals surface area contributed by atoms with Crippen LogP contribution in [0.5, 0.6) is 0 Å². The lowest BCUT2D eigenvalue weighted by molar-refractivity contribution is -0.135. The molecule has 1 heterocycles. The first-order valence-corrected chi connectivity index (χ1v) is 6.33. The van der Waals surface area contributed by atoms with Gasteiger partial charge in [0.1, 0.15) is 12.2 Å². The zero-order valence-corrected chi connectivity index (χ0v) is 10.7. The van der Waals surface area contributed by atoms with Crippen molar-refractivity contribution in [2.45, 2.75) is 0 Å². The van der Waals surface area contributed by atoms with E-state index in [4.69, 9.17) is 4.74 Å². The molecule has 0 N–H and O–H groups in total. The fourth-order valence-electron chi connectivity index (χ4n) is 2.24. The third kappa shape index (κ3) is 2.14. The van der Waals surface area contributed by atoms with Crippen molar-refractivity contribution in [3.8, 4) is 0 Å². The number of carbonyl (C=O) groups excluding carboxylic acids is 2. The van der Waals surface area contributed by atoms with Gasteiger partial charge in [0.15, 0.2) is 0 Å². The van der Waals surface area contributed by atoms with Crippen LogP contribution in [-0.2, 0) is 9.53 Å². The van der Waals surface area contributed by atoms with Crippen LogP contribution in [0, 0.1) is 0 Å². The van der Waals surface area contributed by atoms with Crippen LogP contribution in [0.2, 0.25) is 0 Å². The highest BCUT2D eigenvalue weighted by Crippen LogP contribution is 2.28. The number of Topliss-reactive ketones (excluding diaryl/α,β-unsaturated/α-hetero) is 1. The summed E-state index contributed by atoms with van der Waals surface area (Å²) < 4.78 is 5.04. The Morgan fingerprint density at radius 2 is 1.50 bits per heavy atom. The fourth-order valence-corrected chi connectivity index (χ4v) is 2.24. The molecule has 2 aromatic carbocycles. The maximum absolute atomic E-state index is 12.5. The molecule has 3 nitrogen and oxygen atoms in total. The summed E-state index contributed by atoms with van der Waals surface area (Å²) in [6.07, 6.45) is 0. The van der Waals surface area contributed by atoms with Crippen LogP contribution in [0.15, 0.2) is 66.2 Å².